The maximum Gasteiger partial charge on any atom is 0.237 e. The number of Topliss-reactive ketones (excluding diaryl/α,β-unsaturated/α-hetero) is 1. The van der Waals surface area contributed by atoms with Crippen LogP contribution in [0.5, 0.6) is 0 Å². The number of carbonyl (C=O) groups is 2. The molecule has 1 amide bonds. The highest BCUT2D eigenvalue weighted by molar-refractivity contribution is 5.87. The van der Waals surface area contributed by atoms with Gasteiger partial charge in [-0.15, -0.1) is 0 Å². The second kappa shape index (κ2) is 8.38. The third-order valence-corrected chi connectivity index (χ3v) is 2.04. The van der Waals surface area contributed by atoms with Crippen molar-refractivity contribution in [1.29, 1.82) is 0 Å². The van der Waals surface area contributed by atoms with Crippen LogP contribution in [0.2, 0.25) is 0 Å². The zero-order valence-electron chi connectivity index (χ0n) is 9.51. The SMILES string of the molecule is CNCCCC[C@H](N)C(=O)NCC(C)=O. The van der Waals surface area contributed by atoms with Crippen molar-refractivity contribution in [3.05, 3.63) is 0 Å². The molecule has 0 aromatic carbocycles. The van der Waals surface area contributed by atoms with Crippen molar-refractivity contribution in [3.8, 4) is 0 Å². The molecule has 0 saturated heterocycles. The van der Waals surface area contributed by atoms with Gasteiger partial charge in [-0.25, -0.2) is 0 Å². The number of carbonyl (C=O) groups excluding carboxylic acids is 2. The first-order chi connectivity index (χ1) is 7.07. The summed E-state index contributed by atoms with van der Waals surface area (Å²) < 4.78 is 0. The molecule has 88 valence electrons. The molecular formula is C10H21N3O2. The second-order valence-electron chi connectivity index (χ2n) is 3.63. The summed E-state index contributed by atoms with van der Waals surface area (Å²) in [6, 6.07) is -0.499. The Bertz CT molecular complexity index is 207. The van der Waals surface area contributed by atoms with Gasteiger partial charge in [-0.05, 0) is 33.4 Å². The Morgan fingerprint density at radius 2 is 2.00 bits per heavy atom. The van der Waals surface area contributed by atoms with E-state index >= 15 is 0 Å². The van der Waals surface area contributed by atoms with Crippen LogP contribution in [0.25, 0.3) is 0 Å². The van der Waals surface area contributed by atoms with E-state index in [-0.39, 0.29) is 18.2 Å². The Morgan fingerprint density at radius 1 is 1.33 bits per heavy atom. The molecule has 1 atom stereocenters. The number of nitrogens with two attached hydrogens (primary N) is 1. The normalized spacial score (nSPS) is 12.2. The fourth-order valence-electron chi connectivity index (χ4n) is 1.14. The van der Waals surface area contributed by atoms with E-state index in [1.807, 2.05) is 7.05 Å². The van der Waals surface area contributed by atoms with Crippen LogP contribution in [0, 0.1) is 0 Å². The smallest absolute Gasteiger partial charge is 0.237 e. The van der Waals surface area contributed by atoms with Crippen LogP contribution in [-0.2, 0) is 9.59 Å². The molecule has 5 heteroatoms. The highest BCUT2D eigenvalue weighted by atomic mass is 16.2. The average molecular weight is 215 g/mol. The van der Waals surface area contributed by atoms with Crippen LogP contribution >= 0.6 is 0 Å². The molecular weight excluding hydrogens is 194 g/mol. The summed E-state index contributed by atoms with van der Waals surface area (Å²) in [4.78, 5) is 21.9. The maximum atomic E-state index is 11.3. The summed E-state index contributed by atoms with van der Waals surface area (Å²) in [6.07, 6.45) is 2.57. The molecule has 0 bridgehead atoms. The quantitative estimate of drug-likeness (QED) is 0.472. The molecule has 0 aromatic rings. The molecule has 15 heavy (non-hydrogen) atoms. The molecule has 0 radical (unpaired) electrons. The molecule has 0 aromatic heterocycles. The van der Waals surface area contributed by atoms with E-state index in [1.165, 1.54) is 6.92 Å². The second-order valence-corrected chi connectivity index (χ2v) is 3.63. The van der Waals surface area contributed by atoms with E-state index in [2.05, 4.69) is 10.6 Å². The van der Waals surface area contributed by atoms with Crippen LogP contribution < -0.4 is 16.4 Å². The van der Waals surface area contributed by atoms with Gasteiger partial charge >= 0.3 is 0 Å². The van der Waals surface area contributed by atoms with Gasteiger partial charge in [-0.2, -0.15) is 0 Å². The lowest BCUT2D eigenvalue weighted by Crippen LogP contribution is -2.42. The number of ketones is 1. The van der Waals surface area contributed by atoms with Crippen molar-refractivity contribution >= 4 is 11.7 Å². The molecule has 5 nitrogen and oxygen atoms in total. The van der Waals surface area contributed by atoms with Crippen LogP contribution in [-0.4, -0.2) is 37.9 Å². The highest BCUT2D eigenvalue weighted by Gasteiger charge is 2.12. The van der Waals surface area contributed by atoms with E-state index in [9.17, 15) is 9.59 Å². The van der Waals surface area contributed by atoms with Crippen molar-refractivity contribution in [1.82, 2.24) is 10.6 Å². The Kier molecular flexibility index (Phi) is 7.85. The van der Waals surface area contributed by atoms with Gasteiger partial charge in [0.25, 0.3) is 0 Å². The fraction of sp³-hybridized carbons (Fsp3) is 0.800. The number of unbranched alkanes of at least 4 members (excludes halogenated alkanes) is 1. The molecule has 0 aliphatic heterocycles. The number of rotatable bonds is 8. The largest absolute Gasteiger partial charge is 0.348 e. The predicted molar refractivity (Wildman–Crippen MR) is 59.4 cm³/mol. The first-order valence-corrected chi connectivity index (χ1v) is 5.25. The minimum atomic E-state index is -0.499. The Labute approximate surface area is 90.8 Å². The zero-order valence-corrected chi connectivity index (χ0v) is 9.51. The first kappa shape index (κ1) is 14.1. The summed E-state index contributed by atoms with van der Waals surface area (Å²) in [5.74, 6) is -0.305. The summed E-state index contributed by atoms with van der Waals surface area (Å²) in [5, 5.41) is 5.52. The van der Waals surface area contributed by atoms with Crippen molar-refractivity contribution in [2.24, 2.45) is 5.73 Å². The molecule has 0 spiro atoms. The Morgan fingerprint density at radius 3 is 2.53 bits per heavy atom. The lowest BCUT2D eigenvalue weighted by Gasteiger charge is -2.10. The summed E-state index contributed by atoms with van der Waals surface area (Å²) in [5.41, 5.74) is 5.64. The summed E-state index contributed by atoms with van der Waals surface area (Å²) in [7, 11) is 1.89. The van der Waals surface area contributed by atoms with E-state index in [4.69, 9.17) is 5.73 Å². The monoisotopic (exact) mass is 215 g/mol. The van der Waals surface area contributed by atoms with Gasteiger partial charge in [-0.3, -0.25) is 9.59 Å². The van der Waals surface area contributed by atoms with Crippen LogP contribution in [0.1, 0.15) is 26.2 Å². The van der Waals surface area contributed by atoms with Gasteiger partial charge in [0, 0.05) is 0 Å². The van der Waals surface area contributed by atoms with Crippen molar-refractivity contribution in [2.75, 3.05) is 20.1 Å². The van der Waals surface area contributed by atoms with E-state index in [0.29, 0.717) is 6.42 Å². The topological polar surface area (TPSA) is 84.2 Å². The van der Waals surface area contributed by atoms with Gasteiger partial charge < -0.3 is 16.4 Å². The van der Waals surface area contributed by atoms with E-state index < -0.39 is 6.04 Å². The first-order valence-electron chi connectivity index (χ1n) is 5.25. The Hall–Kier alpha value is -0.940. The molecule has 0 rings (SSSR count). The molecule has 0 fully saturated rings. The zero-order chi connectivity index (χ0) is 11.7. The highest BCUT2D eigenvalue weighted by Crippen LogP contribution is 1.98. The van der Waals surface area contributed by atoms with Gasteiger partial charge in [0.1, 0.15) is 5.78 Å². The minimum absolute atomic E-state index is 0.0641. The van der Waals surface area contributed by atoms with Crippen molar-refractivity contribution in [2.45, 2.75) is 32.2 Å². The van der Waals surface area contributed by atoms with Gasteiger partial charge in [0.05, 0.1) is 12.6 Å². The van der Waals surface area contributed by atoms with E-state index in [1.54, 1.807) is 0 Å². The third-order valence-electron chi connectivity index (χ3n) is 2.04. The lowest BCUT2D eigenvalue weighted by molar-refractivity contribution is -0.125. The average Bonchev–Trinajstić information content (AvgIpc) is 2.20. The minimum Gasteiger partial charge on any atom is -0.348 e. The fourth-order valence-corrected chi connectivity index (χ4v) is 1.14. The third kappa shape index (κ3) is 8.08. The Balaban J connectivity index is 3.55. The predicted octanol–water partition coefficient (Wildman–Crippen LogP) is -0.591. The molecule has 0 aliphatic rings. The maximum absolute atomic E-state index is 11.3. The van der Waals surface area contributed by atoms with E-state index in [0.717, 1.165) is 19.4 Å². The standard InChI is InChI=1S/C10H21N3O2/c1-8(14)7-13-10(15)9(11)5-3-4-6-12-2/h9,12H,3-7,11H2,1-2H3,(H,13,15)/t9-/m0/s1. The number of amides is 1. The van der Waals surface area contributed by atoms with Crippen LogP contribution in [0.4, 0.5) is 0 Å². The van der Waals surface area contributed by atoms with Gasteiger partial charge in [0.15, 0.2) is 0 Å². The molecule has 0 aliphatic carbocycles. The van der Waals surface area contributed by atoms with Crippen LogP contribution in [0.3, 0.4) is 0 Å². The van der Waals surface area contributed by atoms with Crippen LogP contribution in [0.15, 0.2) is 0 Å². The van der Waals surface area contributed by atoms with Gasteiger partial charge in [0.2, 0.25) is 5.91 Å². The summed E-state index contributed by atoms with van der Waals surface area (Å²) >= 11 is 0. The molecule has 0 unspecified atom stereocenters. The molecule has 0 heterocycles. The number of hydrogen-bond donors (Lipinski definition) is 3. The lowest BCUT2D eigenvalue weighted by atomic mass is 10.1. The van der Waals surface area contributed by atoms with Crippen molar-refractivity contribution < 1.29 is 9.59 Å². The summed E-state index contributed by atoms with van der Waals surface area (Å²) in [6.45, 7) is 2.43. The van der Waals surface area contributed by atoms with Crippen molar-refractivity contribution in [3.63, 3.8) is 0 Å². The molecule has 4 N–H and O–H groups in total. The number of hydrogen-bond acceptors (Lipinski definition) is 4. The molecule has 0 saturated carbocycles. The van der Waals surface area contributed by atoms with Gasteiger partial charge in [-0.1, -0.05) is 6.42 Å². The number of nitrogens with one attached hydrogen (secondary N) is 2.